The number of hydrogen-bond donors (Lipinski definition) is 1. The lowest BCUT2D eigenvalue weighted by atomic mass is 10.1. The van der Waals surface area contributed by atoms with E-state index in [4.69, 9.17) is 9.84 Å². The van der Waals surface area contributed by atoms with Crippen LogP contribution >= 0.6 is 0 Å². The van der Waals surface area contributed by atoms with Crippen LogP contribution in [0.5, 0.6) is 5.75 Å². The number of aliphatic carboxylic acids is 1. The van der Waals surface area contributed by atoms with Crippen molar-refractivity contribution in [1.29, 1.82) is 0 Å². The van der Waals surface area contributed by atoms with Crippen LogP contribution in [-0.4, -0.2) is 41.1 Å². The van der Waals surface area contributed by atoms with Gasteiger partial charge in [-0.05, 0) is 32.9 Å². The molecule has 0 bridgehead atoms. The molecular weight excluding hydrogens is 246 g/mol. The first-order valence-electron chi connectivity index (χ1n) is 6.10. The van der Waals surface area contributed by atoms with Gasteiger partial charge >= 0.3 is 5.97 Å². The van der Waals surface area contributed by atoms with E-state index in [0.29, 0.717) is 11.3 Å². The second-order valence-electron chi connectivity index (χ2n) is 4.59. The van der Waals surface area contributed by atoms with Crippen molar-refractivity contribution in [2.45, 2.75) is 32.9 Å². The average molecular weight is 265 g/mol. The zero-order valence-electron chi connectivity index (χ0n) is 11.6. The molecule has 1 rings (SSSR count). The lowest BCUT2D eigenvalue weighted by Gasteiger charge is -2.23. The van der Waals surface area contributed by atoms with Gasteiger partial charge in [-0.1, -0.05) is 12.1 Å². The predicted octanol–water partition coefficient (Wildman–Crippen LogP) is 2.02. The van der Waals surface area contributed by atoms with Crippen molar-refractivity contribution in [3.8, 4) is 5.75 Å². The highest BCUT2D eigenvalue weighted by molar-refractivity contribution is 5.98. The lowest BCUT2D eigenvalue weighted by Crippen LogP contribution is -2.40. The number of carbonyl (C=O) groups excluding carboxylic acids is 1. The van der Waals surface area contributed by atoms with Gasteiger partial charge in [0, 0.05) is 7.05 Å². The fourth-order valence-corrected chi connectivity index (χ4v) is 1.53. The number of nitrogens with zero attached hydrogens (tertiary/aromatic N) is 1. The molecule has 104 valence electrons. The van der Waals surface area contributed by atoms with Crippen LogP contribution in [0.3, 0.4) is 0 Å². The Morgan fingerprint density at radius 3 is 2.32 bits per heavy atom. The summed E-state index contributed by atoms with van der Waals surface area (Å²) >= 11 is 0. The van der Waals surface area contributed by atoms with Crippen LogP contribution in [0.4, 0.5) is 0 Å². The van der Waals surface area contributed by atoms with Crippen molar-refractivity contribution >= 4 is 11.9 Å². The summed E-state index contributed by atoms with van der Waals surface area (Å²) in [6.45, 7) is 5.20. The van der Waals surface area contributed by atoms with Crippen LogP contribution in [0.2, 0.25) is 0 Å². The third-order valence-corrected chi connectivity index (χ3v) is 2.74. The maximum atomic E-state index is 12.3. The van der Waals surface area contributed by atoms with Gasteiger partial charge in [0.25, 0.3) is 5.91 Å². The molecule has 5 heteroatoms. The smallest absolute Gasteiger partial charge is 0.326 e. The zero-order valence-corrected chi connectivity index (χ0v) is 11.6. The standard InChI is InChI=1S/C14H19NO4/c1-9(2)19-12-8-6-5-7-11(12)13(16)15(4)10(3)14(17)18/h5-10H,1-4H3,(H,17,18). The molecule has 0 radical (unpaired) electrons. The maximum Gasteiger partial charge on any atom is 0.326 e. The third kappa shape index (κ3) is 3.71. The first-order chi connectivity index (χ1) is 8.84. The molecule has 1 atom stereocenters. The van der Waals surface area contributed by atoms with Gasteiger partial charge in [0.2, 0.25) is 0 Å². The van der Waals surface area contributed by atoms with E-state index in [1.54, 1.807) is 24.3 Å². The summed E-state index contributed by atoms with van der Waals surface area (Å²) in [4.78, 5) is 24.4. The Bertz CT molecular complexity index is 470. The molecule has 0 aliphatic rings. The van der Waals surface area contributed by atoms with Crippen molar-refractivity contribution in [2.75, 3.05) is 7.05 Å². The molecule has 5 nitrogen and oxygen atoms in total. The SMILES string of the molecule is CC(C)Oc1ccccc1C(=O)N(C)C(C)C(=O)O. The molecular formula is C14H19NO4. The Labute approximate surface area is 112 Å². The van der Waals surface area contributed by atoms with E-state index in [0.717, 1.165) is 0 Å². The van der Waals surface area contributed by atoms with E-state index in [1.165, 1.54) is 18.9 Å². The summed E-state index contributed by atoms with van der Waals surface area (Å²) in [6.07, 6.45) is -0.0591. The Hall–Kier alpha value is -2.04. The predicted molar refractivity (Wildman–Crippen MR) is 71.4 cm³/mol. The summed E-state index contributed by atoms with van der Waals surface area (Å²) in [5.74, 6) is -0.948. The Kier molecular flexibility index (Phi) is 4.92. The second kappa shape index (κ2) is 6.22. The molecule has 1 aromatic carbocycles. The normalized spacial score (nSPS) is 12.1. The minimum atomic E-state index is -1.04. The first kappa shape index (κ1) is 15.0. The Balaban J connectivity index is 3.02. The van der Waals surface area contributed by atoms with Gasteiger partial charge in [-0.15, -0.1) is 0 Å². The molecule has 0 aliphatic carbocycles. The summed E-state index contributed by atoms with van der Waals surface area (Å²) in [7, 11) is 1.47. The first-order valence-corrected chi connectivity index (χ1v) is 6.10. The Morgan fingerprint density at radius 1 is 1.21 bits per heavy atom. The maximum absolute atomic E-state index is 12.3. The Morgan fingerprint density at radius 2 is 1.79 bits per heavy atom. The van der Waals surface area contributed by atoms with Crippen LogP contribution < -0.4 is 4.74 Å². The molecule has 1 unspecified atom stereocenters. The van der Waals surface area contributed by atoms with Gasteiger partial charge in [0.1, 0.15) is 11.8 Å². The van der Waals surface area contributed by atoms with Crippen molar-refractivity contribution in [3.05, 3.63) is 29.8 Å². The summed E-state index contributed by atoms with van der Waals surface area (Å²) in [5, 5.41) is 8.94. The van der Waals surface area contributed by atoms with Crippen molar-refractivity contribution in [2.24, 2.45) is 0 Å². The van der Waals surface area contributed by atoms with Gasteiger partial charge in [-0.25, -0.2) is 4.79 Å². The summed E-state index contributed by atoms with van der Waals surface area (Å²) in [5.41, 5.74) is 0.367. The quantitative estimate of drug-likeness (QED) is 0.884. The highest BCUT2D eigenvalue weighted by atomic mass is 16.5. The lowest BCUT2D eigenvalue weighted by molar-refractivity contribution is -0.141. The number of likely N-dealkylation sites (N-methyl/N-ethyl adjacent to an activating group) is 1. The van der Waals surface area contributed by atoms with Gasteiger partial charge in [-0.3, -0.25) is 4.79 Å². The highest BCUT2D eigenvalue weighted by Crippen LogP contribution is 2.21. The minimum absolute atomic E-state index is 0.0591. The molecule has 1 aromatic rings. The molecule has 0 spiro atoms. The number of para-hydroxylation sites is 1. The van der Waals surface area contributed by atoms with Crippen molar-refractivity contribution < 1.29 is 19.4 Å². The third-order valence-electron chi connectivity index (χ3n) is 2.74. The summed E-state index contributed by atoms with van der Waals surface area (Å²) < 4.78 is 5.56. The van der Waals surface area contributed by atoms with E-state index in [1.807, 2.05) is 13.8 Å². The van der Waals surface area contributed by atoms with Crippen LogP contribution in [0.25, 0.3) is 0 Å². The molecule has 1 amide bonds. The van der Waals surface area contributed by atoms with Gasteiger partial charge in [0.15, 0.2) is 0 Å². The van der Waals surface area contributed by atoms with Crippen LogP contribution in [0.15, 0.2) is 24.3 Å². The van der Waals surface area contributed by atoms with Crippen LogP contribution in [0.1, 0.15) is 31.1 Å². The molecule has 0 heterocycles. The molecule has 0 saturated carbocycles. The van der Waals surface area contributed by atoms with Gasteiger partial charge < -0.3 is 14.7 Å². The molecule has 0 aliphatic heterocycles. The number of rotatable bonds is 5. The molecule has 1 N–H and O–H groups in total. The van der Waals surface area contributed by atoms with Gasteiger partial charge in [-0.2, -0.15) is 0 Å². The number of hydrogen-bond acceptors (Lipinski definition) is 3. The topological polar surface area (TPSA) is 66.8 Å². The fraction of sp³-hybridized carbons (Fsp3) is 0.429. The average Bonchev–Trinajstić information content (AvgIpc) is 2.36. The molecule has 0 saturated heterocycles. The second-order valence-corrected chi connectivity index (χ2v) is 4.59. The fourth-order valence-electron chi connectivity index (χ4n) is 1.53. The molecule has 0 aromatic heterocycles. The number of carboxylic acid groups (broad SMARTS) is 1. The number of benzene rings is 1. The largest absolute Gasteiger partial charge is 0.490 e. The van der Waals surface area contributed by atoms with E-state index in [9.17, 15) is 9.59 Å². The van der Waals surface area contributed by atoms with Crippen LogP contribution in [-0.2, 0) is 4.79 Å². The number of amides is 1. The number of carbonyl (C=O) groups is 2. The van der Waals surface area contributed by atoms with E-state index in [-0.39, 0.29) is 12.0 Å². The molecule has 0 fully saturated rings. The van der Waals surface area contributed by atoms with E-state index < -0.39 is 12.0 Å². The van der Waals surface area contributed by atoms with Crippen molar-refractivity contribution in [1.82, 2.24) is 4.90 Å². The molecule has 19 heavy (non-hydrogen) atoms. The number of ether oxygens (including phenoxy) is 1. The van der Waals surface area contributed by atoms with E-state index >= 15 is 0 Å². The zero-order chi connectivity index (χ0) is 14.6. The van der Waals surface area contributed by atoms with Crippen molar-refractivity contribution in [3.63, 3.8) is 0 Å². The minimum Gasteiger partial charge on any atom is -0.490 e. The van der Waals surface area contributed by atoms with Crippen LogP contribution in [0, 0.1) is 0 Å². The summed E-state index contributed by atoms with van der Waals surface area (Å²) in [6, 6.07) is 5.94. The van der Waals surface area contributed by atoms with E-state index in [2.05, 4.69) is 0 Å². The number of carboxylic acids is 1. The van der Waals surface area contributed by atoms with Gasteiger partial charge in [0.05, 0.1) is 11.7 Å². The monoisotopic (exact) mass is 265 g/mol. The highest BCUT2D eigenvalue weighted by Gasteiger charge is 2.24.